The molecule has 0 N–H and O–H groups in total. The van der Waals surface area contributed by atoms with Crippen molar-refractivity contribution in [1.82, 2.24) is 4.98 Å². The Morgan fingerprint density at radius 3 is 1.02 bits per heavy atom. The summed E-state index contributed by atoms with van der Waals surface area (Å²) in [7, 11) is 0. The molecule has 1 heterocycles. The van der Waals surface area contributed by atoms with Crippen molar-refractivity contribution in [1.29, 1.82) is 0 Å². The summed E-state index contributed by atoms with van der Waals surface area (Å²) in [4.78, 5) is 15.0. The van der Waals surface area contributed by atoms with Crippen molar-refractivity contribution in [3.63, 3.8) is 0 Å². The van der Waals surface area contributed by atoms with Gasteiger partial charge in [0.15, 0.2) is 0 Å². The second-order valence-corrected chi connectivity index (χ2v) is 12.0. The molecule has 0 atom stereocenters. The molecule has 0 saturated carbocycles. The highest BCUT2D eigenvalue weighted by molar-refractivity contribution is 6.17. The predicted molar refractivity (Wildman–Crippen MR) is 161 cm³/mol. The van der Waals surface area contributed by atoms with Crippen LogP contribution in [-0.4, -0.2) is 36.5 Å². The number of hydrogen-bond donors (Lipinski definition) is 0. The van der Waals surface area contributed by atoms with Gasteiger partial charge in [0, 0.05) is 12.4 Å². The van der Waals surface area contributed by atoms with Crippen LogP contribution in [0.4, 0.5) is 0 Å². The SMILES string of the molecule is CC(C)(C)c1ccc(C(=[N+]=[N-])c2cc(C(=[N+]=[N-])c3ccncc3)cc(C(=[N+]=[N-])c3ccc(C(C)(C)C)cc3)c2)cc1. The van der Waals surface area contributed by atoms with Crippen molar-refractivity contribution in [3.05, 3.63) is 152 Å². The van der Waals surface area contributed by atoms with Gasteiger partial charge in [-0.1, -0.05) is 65.8 Å². The van der Waals surface area contributed by atoms with Gasteiger partial charge in [-0.25, -0.2) is 0 Å². The van der Waals surface area contributed by atoms with Gasteiger partial charge in [0.05, 0.1) is 33.4 Å². The van der Waals surface area contributed by atoms with Crippen LogP contribution in [0.15, 0.2) is 91.3 Å². The highest BCUT2D eigenvalue weighted by atomic mass is 14.9. The lowest BCUT2D eigenvalue weighted by atomic mass is 9.85. The molecule has 0 radical (unpaired) electrons. The lowest BCUT2D eigenvalue weighted by Crippen LogP contribution is -2.15. The van der Waals surface area contributed by atoms with Gasteiger partial charge in [0.2, 0.25) is 0 Å². The second-order valence-electron chi connectivity index (χ2n) is 12.0. The molecule has 0 amide bonds. The van der Waals surface area contributed by atoms with Gasteiger partial charge in [-0.15, -0.1) is 0 Å². The minimum Gasteiger partial charge on any atom is -0.361 e. The monoisotopic (exact) mass is 539 g/mol. The molecule has 204 valence electrons. The Hall–Kier alpha value is -5.05. The molecule has 0 aliphatic heterocycles. The van der Waals surface area contributed by atoms with E-state index in [1.807, 2.05) is 48.5 Å². The van der Waals surface area contributed by atoms with Crippen LogP contribution in [0.1, 0.15) is 86.1 Å². The van der Waals surface area contributed by atoms with E-state index in [4.69, 9.17) is 0 Å². The van der Waals surface area contributed by atoms with E-state index in [1.54, 1.807) is 42.7 Å². The number of benzene rings is 3. The molecule has 0 fully saturated rings. The van der Waals surface area contributed by atoms with E-state index in [0.29, 0.717) is 44.8 Å². The van der Waals surface area contributed by atoms with E-state index < -0.39 is 0 Å². The molecule has 4 aromatic rings. The fourth-order valence-corrected chi connectivity index (χ4v) is 4.65. The predicted octanol–water partition coefficient (Wildman–Crippen LogP) is 6.88. The van der Waals surface area contributed by atoms with Crippen molar-refractivity contribution in [2.75, 3.05) is 0 Å². The van der Waals surface area contributed by atoms with E-state index in [1.165, 1.54) is 0 Å². The Morgan fingerprint density at radius 1 is 0.463 bits per heavy atom. The summed E-state index contributed by atoms with van der Waals surface area (Å²) in [5.74, 6) is 0. The summed E-state index contributed by atoms with van der Waals surface area (Å²) in [6, 6.07) is 24.5. The molecule has 4 rings (SSSR count). The maximum absolute atomic E-state index is 10.2. The van der Waals surface area contributed by atoms with E-state index >= 15 is 0 Å². The third kappa shape index (κ3) is 6.41. The Labute approximate surface area is 241 Å². The van der Waals surface area contributed by atoms with E-state index in [9.17, 15) is 16.6 Å². The summed E-state index contributed by atoms with van der Waals surface area (Å²) in [6.07, 6.45) is 3.22. The average Bonchev–Trinajstić information content (AvgIpc) is 2.94. The smallest absolute Gasteiger partial charge is 0.329 e. The summed E-state index contributed by atoms with van der Waals surface area (Å²) in [6.45, 7) is 12.8. The molecule has 0 spiro atoms. The zero-order valence-electron chi connectivity index (χ0n) is 24.3. The van der Waals surface area contributed by atoms with Crippen LogP contribution in [0.3, 0.4) is 0 Å². The van der Waals surface area contributed by atoms with Crippen LogP contribution in [-0.2, 0) is 10.8 Å². The third-order valence-corrected chi connectivity index (χ3v) is 7.06. The molecule has 0 bridgehead atoms. The van der Waals surface area contributed by atoms with Crippen LogP contribution < -0.4 is 0 Å². The lowest BCUT2D eigenvalue weighted by molar-refractivity contribution is -0.00300. The van der Waals surface area contributed by atoms with E-state index in [2.05, 4.69) is 60.9 Å². The number of pyridine rings is 1. The normalized spacial score (nSPS) is 11.2. The molecule has 7 nitrogen and oxygen atoms in total. The number of aromatic nitrogens is 1. The summed E-state index contributed by atoms with van der Waals surface area (Å²) < 4.78 is 0. The van der Waals surface area contributed by atoms with Crippen molar-refractivity contribution >= 4 is 17.1 Å². The van der Waals surface area contributed by atoms with Crippen LogP contribution in [0, 0.1) is 0 Å². The Balaban J connectivity index is 1.91. The van der Waals surface area contributed by atoms with Gasteiger partial charge in [-0.3, -0.25) is 4.98 Å². The molecule has 0 aliphatic rings. The average molecular weight is 540 g/mol. The second kappa shape index (κ2) is 11.6. The minimum absolute atomic E-state index is 0.0335. The summed E-state index contributed by atoms with van der Waals surface area (Å²) in [5, 5.41) is 0. The van der Waals surface area contributed by atoms with Gasteiger partial charge < -0.3 is 16.6 Å². The maximum Gasteiger partial charge on any atom is 0.329 e. The van der Waals surface area contributed by atoms with Crippen molar-refractivity contribution in [2.24, 2.45) is 0 Å². The molecule has 1 aromatic heterocycles. The summed E-state index contributed by atoms with van der Waals surface area (Å²) >= 11 is 0. The molecule has 3 aromatic carbocycles. The van der Waals surface area contributed by atoms with Gasteiger partial charge in [-0.2, -0.15) is 14.4 Å². The van der Waals surface area contributed by atoms with E-state index in [-0.39, 0.29) is 16.5 Å². The maximum atomic E-state index is 10.2. The fourth-order valence-electron chi connectivity index (χ4n) is 4.65. The molecule has 7 heteroatoms. The van der Waals surface area contributed by atoms with Crippen molar-refractivity contribution < 1.29 is 14.4 Å². The zero-order chi connectivity index (χ0) is 29.8. The molecular formula is C34H33N7. The van der Waals surface area contributed by atoms with Crippen molar-refractivity contribution in [3.8, 4) is 0 Å². The number of nitrogens with zero attached hydrogens (tertiary/aromatic N) is 7. The first-order valence-corrected chi connectivity index (χ1v) is 13.4. The van der Waals surface area contributed by atoms with Crippen LogP contribution >= 0.6 is 0 Å². The van der Waals surface area contributed by atoms with E-state index in [0.717, 1.165) is 11.1 Å². The minimum atomic E-state index is -0.0335. The first-order valence-electron chi connectivity index (χ1n) is 13.4. The van der Waals surface area contributed by atoms with Gasteiger partial charge in [0.1, 0.15) is 0 Å². The third-order valence-electron chi connectivity index (χ3n) is 7.06. The highest BCUT2D eigenvalue weighted by Crippen LogP contribution is 2.26. The molecule has 0 aliphatic carbocycles. The fraction of sp³-hybridized carbons (Fsp3) is 0.235. The first kappa shape index (κ1) is 28.9. The van der Waals surface area contributed by atoms with Gasteiger partial charge >= 0.3 is 17.1 Å². The molecule has 41 heavy (non-hydrogen) atoms. The molecular weight excluding hydrogens is 506 g/mol. The van der Waals surface area contributed by atoms with Crippen molar-refractivity contribution in [2.45, 2.75) is 52.4 Å². The largest absolute Gasteiger partial charge is 0.361 e. The van der Waals surface area contributed by atoms with Crippen LogP contribution in [0.25, 0.3) is 16.6 Å². The molecule has 0 saturated heterocycles. The standard InChI is InChI=1S/C34H33N7/c1-33(2,3)28-11-7-22(8-12-28)30(39-35)25-19-26(21-27(20-25)32(41-37)24-15-17-38-18-16-24)31(40-36)23-9-13-29(14-10-23)34(4,5)6/h7-21H,1-6H3. The first-order chi connectivity index (χ1) is 19.5. The molecule has 0 unspecified atom stereocenters. The Kier molecular flexibility index (Phi) is 8.18. The topological polar surface area (TPSA) is 122 Å². The number of rotatable bonds is 6. The zero-order valence-corrected chi connectivity index (χ0v) is 24.3. The highest BCUT2D eigenvalue weighted by Gasteiger charge is 2.27. The Morgan fingerprint density at radius 2 is 0.756 bits per heavy atom. The van der Waals surface area contributed by atoms with Crippen LogP contribution in [0.2, 0.25) is 0 Å². The van der Waals surface area contributed by atoms with Gasteiger partial charge in [-0.05, 0) is 76.6 Å². The number of hydrogen-bond acceptors (Lipinski definition) is 1. The lowest BCUT2D eigenvalue weighted by Gasteiger charge is -2.18. The van der Waals surface area contributed by atoms with Gasteiger partial charge in [0.25, 0.3) is 0 Å². The summed E-state index contributed by atoms with van der Waals surface area (Å²) in [5.41, 5.74) is 37.3. The quantitative estimate of drug-likeness (QED) is 0.148. The van der Waals surface area contributed by atoms with Crippen LogP contribution in [0.5, 0.6) is 0 Å². The Bertz CT molecular complexity index is 1620.